The Kier molecular flexibility index (Phi) is 5.56. The Labute approximate surface area is 147 Å². The zero-order valence-corrected chi connectivity index (χ0v) is 14.9. The number of hydrogen-bond acceptors (Lipinski definition) is 4. The van der Waals surface area contributed by atoms with Crippen LogP contribution in [0.25, 0.3) is 0 Å². The second kappa shape index (κ2) is 7.66. The van der Waals surface area contributed by atoms with Gasteiger partial charge in [0.15, 0.2) is 0 Å². The highest BCUT2D eigenvalue weighted by molar-refractivity contribution is 6.30. The molecule has 1 aliphatic rings. The number of aliphatic hydroxyl groups is 1. The van der Waals surface area contributed by atoms with Crippen molar-refractivity contribution in [3.63, 3.8) is 0 Å². The van der Waals surface area contributed by atoms with Crippen molar-refractivity contribution in [2.24, 2.45) is 7.05 Å². The highest BCUT2D eigenvalue weighted by Crippen LogP contribution is 2.20. The molecule has 3 rings (SSSR count). The zero-order valence-electron chi connectivity index (χ0n) is 14.2. The van der Waals surface area contributed by atoms with Crippen molar-refractivity contribution >= 4 is 11.6 Å². The van der Waals surface area contributed by atoms with Crippen molar-refractivity contribution in [3.8, 4) is 0 Å². The molecular formula is C18H24ClN3O2. The summed E-state index contributed by atoms with van der Waals surface area (Å²) in [4.78, 5) is 6.66. The maximum atomic E-state index is 10.3. The van der Waals surface area contributed by atoms with Crippen LogP contribution < -0.4 is 0 Å². The van der Waals surface area contributed by atoms with Crippen molar-refractivity contribution in [1.82, 2.24) is 14.5 Å². The van der Waals surface area contributed by atoms with Crippen LogP contribution in [-0.2, 0) is 24.8 Å². The van der Waals surface area contributed by atoms with Crippen molar-refractivity contribution in [1.29, 1.82) is 0 Å². The number of ether oxygens (including phenoxy) is 1. The average molecular weight is 350 g/mol. The molecule has 1 aromatic heterocycles. The van der Waals surface area contributed by atoms with E-state index in [0.717, 1.165) is 30.8 Å². The highest BCUT2D eigenvalue weighted by Gasteiger charge is 2.22. The van der Waals surface area contributed by atoms with Gasteiger partial charge in [-0.25, -0.2) is 4.98 Å². The molecule has 130 valence electrons. The summed E-state index contributed by atoms with van der Waals surface area (Å²) in [5.74, 6) is 0. The minimum absolute atomic E-state index is 0.0688. The minimum Gasteiger partial charge on any atom is -0.389 e. The molecule has 0 aliphatic carbocycles. The van der Waals surface area contributed by atoms with Crippen molar-refractivity contribution in [2.75, 3.05) is 19.7 Å². The molecule has 2 aromatic rings. The van der Waals surface area contributed by atoms with Gasteiger partial charge in [-0.05, 0) is 24.6 Å². The predicted molar refractivity (Wildman–Crippen MR) is 94.0 cm³/mol. The first-order valence-electron chi connectivity index (χ1n) is 8.29. The van der Waals surface area contributed by atoms with E-state index in [-0.39, 0.29) is 6.10 Å². The molecule has 0 saturated carbocycles. The molecule has 1 aromatic carbocycles. The molecule has 0 fully saturated rings. The van der Waals surface area contributed by atoms with Crippen LogP contribution in [0.2, 0.25) is 5.02 Å². The molecule has 2 atom stereocenters. The van der Waals surface area contributed by atoms with Gasteiger partial charge in [0.25, 0.3) is 0 Å². The number of hydrogen-bond donors (Lipinski definition) is 1. The molecule has 0 bridgehead atoms. The number of β-amino-alcohol motifs (C(OH)–C–C–N with tert-alkyl or cyclic N) is 1. The van der Waals surface area contributed by atoms with Gasteiger partial charge in [0.05, 0.1) is 30.8 Å². The fraction of sp³-hybridized carbons (Fsp3) is 0.500. The van der Waals surface area contributed by atoms with E-state index in [1.54, 1.807) is 0 Å². The van der Waals surface area contributed by atoms with Gasteiger partial charge in [-0.1, -0.05) is 23.7 Å². The van der Waals surface area contributed by atoms with E-state index in [9.17, 15) is 5.11 Å². The van der Waals surface area contributed by atoms with Gasteiger partial charge in [0.2, 0.25) is 0 Å². The molecule has 0 spiro atoms. The van der Waals surface area contributed by atoms with Crippen molar-refractivity contribution in [2.45, 2.75) is 32.1 Å². The molecule has 0 amide bonds. The first kappa shape index (κ1) is 17.4. The Hall–Kier alpha value is -1.40. The fourth-order valence-corrected chi connectivity index (χ4v) is 3.23. The Morgan fingerprint density at radius 3 is 2.83 bits per heavy atom. The summed E-state index contributed by atoms with van der Waals surface area (Å²) in [6, 6.07) is 7.61. The summed E-state index contributed by atoms with van der Waals surface area (Å²) in [7, 11) is 2.03. The van der Waals surface area contributed by atoms with Gasteiger partial charge < -0.3 is 14.4 Å². The van der Waals surface area contributed by atoms with E-state index in [1.165, 1.54) is 5.69 Å². The third kappa shape index (κ3) is 4.16. The van der Waals surface area contributed by atoms with E-state index >= 15 is 0 Å². The van der Waals surface area contributed by atoms with Gasteiger partial charge >= 0.3 is 0 Å². The largest absolute Gasteiger partial charge is 0.389 e. The maximum Gasteiger partial charge on any atom is 0.0949 e. The van der Waals surface area contributed by atoms with Gasteiger partial charge in [-0.2, -0.15) is 0 Å². The van der Waals surface area contributed by atoms with Gasteiger partial charge in [0, 0.05) is 43.8 Å². The summed E-state index contributed by atoms with van der Waals surface area (Å²) in [5.41, 5.74) is 3.47. The lowest BCUT2D eigenvalue weighted by atomic mass is 10.1. The number of aromatic nitrogens is 2. The Morgan fingerprint density at radius 2 is 2.08 bits per heavy atom. The number of aliphatic hydroxyl groups excluding tert-OH is 1. The summed E-state index contributed by atoms with van der Waals surface area (Å²) >= 11 is 5.90. The van der Waals surface area contributed by atoms with Crippen LogP contribution in [0.3, 0.4) is 0 Å². The van der Waals surface area contributed by atoms with E-state index in [2.05, 4.69) is 14.5 Å². The van der Waals surface area contributed by atoms with E-state index in [1.807, 2.05) is 44.6 Å². The van der Waals surface area contributed by atoms with Crippen LogP contribution in [0.15, 0.2) is 30.6 Å². The Balaban J connectivity index is 1.46. The predicted octanol–water partition coefficient (Wildman–Crippen LogP) is 2.57. The molecule has 0 radical (unpaired) electrons. The van der Waals surface area contributed by atoms with E-state index in [0.29, 0.717) is 18.2 Å². The molecule has 6 heteroatoms. The smallest absolute Gasteiger partial charge is 0.0949 e. The zero-order chi connectivity index (χ0) is 17.1. The molecule has 1 N–H and O–H groups in total. The molecule has 2 heterocycles. The van der Waals surface area contributed by atoms with Crippen LogP contribution in [0.4, 0.5) is 0 Å². The van der Waals surface area contributed by atoms with E-state index < -0.39 is 6.10 Å². The quantitative estimate of drug-likeness (QED) is 0.870. The number of fused-ring (bicyclic) bond motifs is 1. The third-order valence-electron chi connectivity index (χ3n) is 4.53. The number of aryl methyl sites for hydroxylation is 1. The monoisotopic (exact) mass is 349 g/mol. The highest BCUT2D eigenvalue weighted by atomic mass is 35.5. The molecule has 1 aliphatic heterocycles. The molecule has 2 unspecified atom stereocenters. The Bertz CT molecular complexity index is 671. The van der Waals surface area contributed by atoms with Gasteiger partial charge in [-0.3, -0.25) is 4.90 Å². The van der Waals surface area contributed by atoms with Crippen LogP contribution >= 0.6 is 11.6 Å². The summed E-state index contributed by atoms with van der Waals surface area (Å²) in [6.45, 7) is 4.63. The molecule has 0 saturated heterocycles. The lowest BCUT2D eigenvalue weighted by Crippen LogP contribution is -2.38. The molecule has 24 heavy (non-hydrogen) atoms. The maximum absolute atomic E-state index is 10.3. The second-order valence-electron chi connectivity index (χ2n) is 6.41. The van der Waals surface area contributed by atoms with E-state index in [4.69, 9.17) is 16.3 Å². The number of rotatable bonds is 6. The van der Waals surface area contributed by atoms with Crippen molar-refractivity contribution in [3.05, 3.63) is 52.6 Å². The summed E-state index contributed by atoms with van der Waals surface area (Å²) in [6.07, 6.45) is 2.26. The van der Waals surface area contributed by atoms with Gasteiger partial charge in [0.1, 0.15) is 0 Å². The standard InChI is InChI=1S/C18H24ClN3O2/c1-13(14-3-5-15(19)6-4-14)24-11-16(23)9-22-8-7-18-17(10-22)20-12-21(18)2/h3-6,12-13,16,23H,7-11H2,1-2H3. The lowest BCUT2D eigenvalue weighted by molar-refractivity contribution is -0.0174. The van der Waals surface area contributed by atoms with Gasteiger partial charge in [-0.15, -0.1) is 0 Å². The summed E-state index contributed by atoms with van der Waals surface area (Å²) in [5, 5.41) is 11.0. The van der Waals surface area contributed by atoms with Crippen LogP contribution in [0.5, 0.6) is 0 Å². The van der Waals surface area contributed by atoms with Crippen LogP contribution in [0, 0.1) is 0 Å². The van der Waals surface area contributed by atoms with Crippen molar-refractivity contribution < 1.29 is 9.84 Å². The normalized spacial score (nSPS) is 17.5. The number of benzene rings is 1. The summed E-state index contributed by atoms with van der Waals surface area (Å²) < 4.78 is 7.89. The first-order valence-corrected chi connectivity index (χ1v) is 8.67. The second-order valence-corrected chi connectivity index (χ2v) is 6.85. The molecule has 5 nitrogen and oxygen atoms in total. The third-order valence-corrected chi connectivity index (χ3v) is 4.78. The molecular weight excluding hydrogens is 326 g/mol. The Morgan fingerprint density at radius 1 is 1.33 bits per heavy atom. The topological polar surface area (TPSA) is 50.5 Å². The van der Waals surface area contributed by atoms with Crippen LogP contribution in [-0.4, -0.2) is 45.4 Å². The SMILES string of the molecule is CC(OCC(O)CN1CCc2c(ncn2C)C1)c1ccc(Cl)cc1. The average Bonchev–Trinajstić information content (AvgIpc) is 2.94. The lowest BCUT2D eigenvalue weighted by Gasteiger charge is -2.28. The number of imidazole rings is 1. The fourth-order valence-electron chi connectivity index (χ4n) is 3.10. The minimum atomic E-state index is -0.509. The number of nitrogens with zero attached hydrogens (tertiary/aromatic N) is 3. The van der Waals surface area contributed by atoms with Crippen LogP contribution in [0.1, 0.15) is 30.0 Å². The first-order chi connectivity index (χ1) is 11.5. The number of halogens is 1.